The Morgan fingerprint density at radius 1 is 1.05 bits per heavy atom. The number of ether oxygens (including phenoxy) is 1. The maximum Gasteiger partial charge on any atom is 0.0807 e. The molecule has 0 aromatic carbocycles. The van der Waals surface area contributed by atoms with E-state index in [1.54, 1.807) is 7.11 Å². The van der Waals surface area contributed by atoms with Gasteiger partial charge in [-0.25, -0.2) is 0 Å². The van der Waals surface area contributed by atoms with E-state index in [9.17, 15) is 10.2 Å². The van der Waals surface area contributed by atoms with Crippen LogP contribution in [-0.4, -0.2) is 36.1 Å². The normalized spacial score (nSPS) is 19.9. The smallest absolute Gasteiger partial charge is 0.0807 e. The number of methoxy groups -OCH3 is 1. The molecule has 3 nitrogen and oxygen atoms in total. The van der Waals surface area contributed by atoms with Crippen molar-refractivity contribution < 1.29 is 14.9 Å². The van der Waals surface area contributed by atoms with Crippen LogP contribution in [0, 0.1) is 17.8 Å². The Bertz CT molecular complexity index is 329. The molecule has 118 valence electrons. The second-order valence-electron chi connectivity index (χ2n) is 6.18. The van der Waals surface area contributed by atoms with Crippen LogP contribution in [0.1, 0.15) is 41.5 Å². The molecule has 0 fully saturated rings. The van der Waals surface area contributed by atoms with Crippen LogP contribution < -0.4 is 0 Å². The molecule has 0 heterocycles. The van der Waals surface area contributed by atoms with Crippen LogP contribution in [-0.2, 0) is 4.74 Å². The van der Waals surface area contributed by atoms with Crippen LogP contribution in [0.4, 0.5) is 0 Å². The van der Waals surface area contributed by atoms with Gasteiger partial charge in [-0.1, -0.05) is 38.5 Å². The maximum atomic E-state index is 10.3. The zero-order valence-corrected chi connectivity index (χ0v) is 14.1. The Balaban J connectivity index is 4.89. The Hall–Kier alpha value is -0.640. The molecule has 0 bridgehead atoms. The summed E-state index contributed by atoms with van der Waals surface area (Å²) in [4.78, 5) is 0. The Morgan fingerprint density at radius 3 is 2.00 bits per heavy atom. The van der Waals surface area contributed by atoms with Crippen molar-refractivity contribution >= 4 is 0 Å². The summed E-state index contributed by atoms with van der Waals surface area (Å²) in [6, 6.07) is 0. The molecular formula is C17H32O3. The Kier molecular flexibility index (Phi) is 9.03. The van der Waals surface area contributed by atoms with Crippen LogP contribution in [0.3, 0.4) is 0 Å². The van der Waals surface area contributed by atoms with Crippen molar-refractivity contribution in [3.05, 3.63) is 23.3 Å². The highest BCUT2D eigenvalue weighted by atomic mass is 16.5. The molecule has 0 aromatic heterocycles. The fourth-order valence-electron chi connectivity index (χ4n) is 2.71. The van der Waals surface area contributed by atoms with E-state index in [0.29, 0.717) is 0 Å². The van der Waals surface area contributed by atoms with Gasteiger partial charge in [0.25, 0.3) is 0 Å². The van der Waals surface area contributed by atoms with Crippen molar-refractivity contribution in [2.24, 2.45) is 17.8 Å². The average Bonchev–Trinajstić information content (AvgIpc) is 2.37. The fourth-order valence-corrected chi connectivity index (χ4v) is 2.71. The summed E-state index contributed by atoms with van der Waals surface area (Å²) in [5.41, 5.74) is 2.16. The summed E-state index contributed by atoms with van der Waals surface area (Å²) in [5, 5.41) is 19.6. The Morgan fingerprint density at radius 2 is 1.60 bits per heavy atom. The van der Waals surface area contributed by atoms with E-state index >= 15 is 0 Å². The minimum absolute atomic E-state index is 0.0408. The third-order valence-electron chi connectivity index (χ3n) is 3.73. The highest BCUT2D eigenvalue weighted by Crippen LogP contribution is 2.22. The first kappa shape index (κ1) is 19.4. The number of rotatable bonds is 8. The van der Waals surface area contributed by atoms with Crippen molar-refractivity contribution in [1.82, 2.24) is 0 Å². The first-order valence-corrected chi connectivity index (χ1v) is 7.39. The fraction of sp³-hybridized carbons (Fsp3) is 0.765. The van der Waals surface area contributed by atoms with Crippen molar-refractivity contribution in [2.75, 3.05) is 13.7 Å². The van der Waals surface area contributed by atoms with Crippen molar-refractivity contribution in [3.8, 4) is 0 Å². The lowest BCUT2D eigenvalue weighted by Gasteiger charge is -2.27. The van der Waals surface area contributed by atoms with Gasteiger partial charge in [0.15, 0.2) is 0 Å². The predicted octanol–water partition coefficient (Wildman–Crippen LogP) is 3.18. The predicted molar refractivity (Wildman–Crippen MR) is 84.6 cm³/mol. The van der Waals surface area contributed by atoms with E-state index in [2.05, 4.69) is 19.1 Å². The number of aliphatic hydroxyl groups is 2. The highest BCUT2D eigenvalue weighted by molar-refractivity contribution is 5.12. The average molecular weight is 284 g/mol. The van der Waals surface area contributed by atoms with Gasteiger partial charge in [0.05, 0.1) is 12.2 Å². The highest BCUT2D eigenvalue weighted by Gasteiger charge is 2.23. The van der Waals surface area contributed by atoms with E-state index in [-0.39, 0.29) is 30.5 Å². The topological polar surface area (TPSA) is 49.7 Å². The molecule has 0 aliphatic heterocycles. The third-order valence-corrected chi connectivity index (χ3v) is 3.73. The molecule has 0 amide bonds. The van der Waals surface area contributed by atoms with Crippen LogP contribution in [0.5, 0.6) is 0 Å². The van der Waals surface area contributed by atoms with Gasteiger partial charge in [0.2, 0.25) is 0 Å². The second-order valence-corrected chi connectivity index (χ2v) is 6.18. The molecule has 0 spiro atoms. The van der Waals surface area contributed by atoms with Gasteiger partial charge in [0, 0.05) is 31.5 Å². The molecule has 0 saturated carbocycles. The largest absolute Gasteiger partial charge is 0.396 e. The summed E-state index contributed by atoms with van der Waals surface area (Å²) in [5.74, 6) is 0.321. The van der Waals surface area contributed by atoms with Crippen LogP contribution in [0.2, 0.25) is 0 Å². The molecule has 2 N–H and O–H groups in total. The van der Waals surface area contributed by atoms with Gasteiger partial charge >= 0.3 is 0 Å². The molecule has 0 aromatic rings. The summed E-state index contributed by atoms with van der Waals surface area (Å²) in [6.45, 7) is 12.2. The molecule has 0 saturated heterocycles. The molecule has 0 rings (SSSR count). The number of aliphatic hydroxyl groups excluding tert-OH is 2. The van der Waals surface area contributed by atoms with Gasteiger partial charge < -0.3 is 14.9 Å². The van der Waals surface area contributed by atoms with Gasteiger partial charge in [-0.2, -0.15) is 0 Å². The third kappa shape index (κ3) is 6.21. The van der Waals surface area contributed by atoms with Crippen LogP contribution >= 0.6 is 0 Å². The maximum absolute atomic E-state index is 10.3. The summed E-state index contributed by atoms with van der Waals surface area (Å²) < 4.78 is 5.47. The van der Waals surface area contributed by atoms with Crippen molar-refractivity contribution in [3.63, 3.8) is 0 Å². The number of hydrogen-bond donors (Lipinski definition) is 2. The van der Waals surface area contributed by atoms with Crippen molar-refractivity contribution in [2.45, 2.75) is 53.8 Å². The minimum Gasteiger partial charge on any atom is -0.396 e. The molecule has 0 aliphatic rings. The summed E-state index contributed by atoms with van der Waals surface area (Å²) >= 11 is 0. The van der Waals surface area contributed by atoms with E-state index < -0.39 is 6.10 Å². The van der Waals surface area contributed by atoms with Crippen LogP contribution in [0.25, 0.3) is 0 Å². The first-order chi connectivity index (χ1) is 9.24. The lowest BCUT2D eigenvalue weighted by atomic mass is 9.89. The van der Waals surface area contributed by atoms with E-state index in [1.807, 2.05) is 34.6 Å². The van der Waals surface area contributed by atoms with Gasteiger partial charge in [-0.3, -0.25) is 0 Å². The summed E-state index contributed by atoms with van der Waals surface area (Å²) in [7, 11) is 1.67. The van der Waals surface area contributed by atoms with Gasteiger partial charge in [-0.15, -0.1) is 0 Å². The SMILES string of the molecule is CO[C@H]([C@H](C)CO)[C@@H](C)/C=C(\C)[C@@H](O)[C@H](C)C=C(C)C. The molecule has 20 heavy (non-hydrogen) atoms. The molecule has 0 aliphatic carbocycles. The minimum atomic E-state index is -0.478. The van der Waals surface area contributed by atoms with E-state index in [1.165, 1.54) is 5.57 Å². The molecular weight excluding hydrogens is 252 g/mol. The standard InChI is InChI=1S/C17H32O3/c1-11(2)8-12(3)16(19)13(4)9-14(5)17(20-7)15(6)10-18/h8-9,12,14-19H,10H2,1-7H3/b13-9+/t12-,14+,15-,16+,17+/m1/s1. The molecule has 3 heteroatoms. The second kappa shape index (κ2) is 9.32. The van der Waals surface area contributed by atoms with Gasteiger partial charge in [0.1, 0.15) is 0 Å². The monoisotopic (exact) mass is 284 g/mol. The Labute approximate surface area is 124 Å². The quantitative estimate of drug-likeness (QED) is 0.673. The number of hydrogen-bond acceptors (Lipinski definition) is 3. The van der Waals surface area contributed by atoms with Crippen molar-refractivity contribution in [1.29, 1.82) is 0 Å². The van der Waals surface area contributed by atoms with E-state index in [0.717, 1.165) is 5.57 Å². The molecule has 0 unspecified atom stereocenters. The molecule has 5 atom stereocenters. The molecule has 0 radical (unpaired) electrons. The lowest BCUT2D eigenvalue weighted by Crippen LogP contribution is -2.30. The zero-order chi connectivity index (χ0) is 15.9. The van der Waals surface area contributed by atoms with E-state index in [4.69, 9.17) is 4.74 Å². The van der Waals surface area contributed by atoms with Gasteiger partial charge in [-0.05, 0) is 26.3 Å². The summed E-state index contributed by atoms with van der Waals surface area (Å²) in [6.07, 6.45) is 3.62. The number of allylic oxidation sites excluding steroid dienone is 1. The first-order valence-electron chi connectivity index (χ1n) is 7.39. The zero-order valence-electron chi connectivity index (χ0n) is 14.1. The lowest BCUT2D eigenvalue weighted by molar-refractivity contribution is 0.0101. The van der Waals surface area contributed by atoms with Crippen LogP contribution in [0.15, 0.2) is 23.3 Å².